The zero-order valence-electron chi connectivity index (χ0n) is 9.53. The van der Waals surface area contributed by atoms with E-state index in [1.54, 1.807) is 6.07 Å². The van der Waals surface area contributed by atoms with Gasteiger partial charge in [-0.15, -0.1) is 5.10 Å². The minimum absolute atomic E-state index is 0.154. The first-order valence-electron chi connectivity index (χ1n) is 5.15. The van der Waals surface area contributed by atoms with Gasteiger partial charge in [0.2, 0.25) is 0 Å². The summed E-state index contributed by atoms with van der Waals surface area (Å²) in [5.41, 5.74) is 0.884. The lowest BCUT2D eigenvalue weighted by Gasteiger charge is -2.05. The van der Waals surface area contributed by atoms with E-state index in [1.165, 1.54) is 18.5 Å². The van der Waals surface area contributed by atoms with E-state index < -0.39 is 12.0 Å². The number of pyridine rings is 1. The molecule has 8 nitrogen and oxygen atoms in total. The average Bonchev–Trinajstić information content (AvgIpc) is 2.83. The van der Waals surface area contributed by atoms with E-state index >= 15 is 0 Å². The minimum atomic E-state index is -0.955. The molecule has 0 atom stereocenters. The van der Waals surface area contributed by atoms with Gasteiger partial charge >= 0.3 is 12.0 Å². The number of hydrogen-bond acceptors (Lipinski definition) is 6. The molecular weight excluding hydrogens is 270 g/mol. The van der Waals surface area contributed by atoms with Gasteiger partial charge in [-0.05, 0) is 12.1 Å². The van der Waals surface area contributed by atoms with Crippen LogP contribution in [0.5, 0.6) is 0 Å². The lowest BCUT2D eigenvalue weighted by atomic mass is 10.2. The number of hydrogen-bond donors (Lipinski definition) is 3. The van der Waals surface area contributed by atoms with E-state index in [9.17, 15) is 9.59 Å². The second-order valence-electron chi connectivity index (χ2n) is 3.47. The summed E-state index contributed by atoms with van der Waals surface area (Å²) in [6.07, 6.45) is 2.67. The summed E-state index contributed by atoms with van der Waals surface area (Å²) in [5.74, 6) is -0.955. The molecule has 2 amide bonds. The van der Waals surface area contributed by atoms with E-state index in [4.69, 9.17) is 5.11 Å². The Hall–Kier alpha value is -2.55. The highest BCUT2D eigenvalue weighted by molar-refractivity contribution is 7.10. The number of carboxylic acids is 1. The van der Waals surface area contributed by atoms with Crippen LogP contribution in [0, 0.1) is 0 Å². The summed E-state index contributed by atoms with van der Waals surface area (Å²) in [6, 6.07) is 2.67. The van der Waals surface area contributed by atoms with Gasteiger partial charge in [-0.3, -0.25) is 15.1 Å². The van der Waals surface area contributed by atoms with Crippen molar-refractivity contribution in [2.24, 2.45) is 0 Å². The average molecular weight is 279 g/mol. The highest BCUT2D eigenvalue weighted by atomic mass is 32.1. The van der Waals surface area contributed by atoms with Crippen LogP contribution < -0.4 is 10.6 Å². The molecule has 2 heterocycles. The monoisotopic (exact) mass is 279 g/mol. The van der Waals surface area contributed by atoms with E-state index in [0.29, 0.717) is 16.4 Å². The van der Waals surface area contributed by atoms with Crippen molar-refractivity contribution in [2.75, 3.05) is 10.6 Å². The van der Waals surface area contributed by atoms with Crippen molar-refractivity contribution < 1.29 is 14.7 Å². The van der Waals surface area contributed by atoms with Gasteiger partial charge in [-0.2, -0.15) is 0 Å². The van der Waals surface area contributed by atoms with Crippen LogP contribution in [0.4, 0.5) is 15.5 Å². The lowest BCUT2D eigenvalue weighted by Crippen LogP contribution is -2.19. The zero-order valence-corrected chi connectivity index (χ0v) is 10.3. The maximum atomic E-state index is 11.5. The van der Waals surface area contributed by atoms with Gasteiger partial charge in [0.1, 0.15) is 5.00 Å². The van der Waals surface area contributed by atoms with Crippen molar-refractivity contribution in [3.8, 4) is 0 Å². The van der Waals surface area contributed by atoms with Crippen molar-refractivity contribution in [3.63, 3.8) is 0 Å². The molecule has 0 fully saturated rings. The molecule has 0 saturated carbocycles. The number of anilines is 2. The van der Waals surface area contributed by atoms with Gasteiger partial charge in [0, 0.05) is 11.5 Å². The quantitative estimate of drug-likeness (QED) is 0.774. The Morgan fingerprint density at radius 2 is 2.11 bits per heavy atom. The number of rotatable bonds is 4. The summed E-state index contributed by atoms with van der Waals surface area (Å²) in [5, 5.41) is 17.8. The number of carbonyl (C=O) groups excluding carboxylic acids is 1. The number of amides is 2. The molecule has 0 unspecified atom stereocenters. The Labute approximate surface area is 111 Å². The predicted molar refractivity (Wildman–Crippen MR) is 68.1 cm³/mol. The van der Waals surface area contributed by atoms with Crippen LogP contribution in [0.25, 0.3) is 0 Å². The Morgan fingerprint density at radius 3 is 2.68 bits per heavy atom. The smallest absolute Gasteiger partial charge is 0.324 e. The zero-order chi connectivity index (χ0) is 13.7. The molecular formula is C10H9N5O3S. The summed E-state index contributed by atoms with van der Waals surface area (Å²) in [7, 11) is 0. The lowest BCUT2D eigenvalue weighted by molar-refractivity contribution is -0.136. The molecule has 0 radical (unpaired) electrons. The fraction of sp³-hybridized carbons (Fsp3) is 0.100. The summed E-state index contributed by atoms with van der Waals surface area (Å²) >= 11 is 1.06. The third kappa shape index (κ3) is 4.00. The highest BCUT2D eigenvalue weighted by Gasteiger charge is 2.06. The van der Waals surface area contributed by atoms with Crippen molar-refractivity contribution in [1.82, 2.24) is 14.6 Å². The molecule has 19 heavy (non-hydrogen) atoms. The van der Waals surface area contributed by atoms with Crippen molar-refractivity contribution >= 4 is 34.2 Å². The molecule has 0 aliphatic carbocycles. The van der Waals surface area contributed by atoms with Crippen molar-refractivity contribution in [3.05, 3.63) is 30.2 Å². The Kier molecular flexibility index (Phi) is 3.98. The summed E-state index contributed by atoms with van der Waals surface area (Å²) in [6.45, 7) is 0. The third-order valence-corrected chi connectivity index (χ3v) is 2.59. The third-order valence-electron chi connectivity index (χ3n) is 2.01. The number of carbonyl (C=O) groups is 2. The number of urea groups is 1. The first kappa shape index (κ1) is 12.9. The van der Waals surface area contributed by atoms with Gasteiger partial charge in [0.05, 0.1) is 30.2 Å². The van der Waals surface area contributed by atoms with E-state index in [0.717, 1.165) is 11.5 Å². The number of aromatic nitrogens is 3. The molecule has 0 saturated heterocycles. The van der Waals surface area contributed by atoms with Crippen LogP contribution in [-0.4, -0.2) is 31.7 Å². The number of carboxylic acid groups (broad SMARTS) is 1. The van der Waals surface area contributed by atoms with Crippen molar-refractivity contribution in [1.29, 1.82) is 0 Å². The molecule has 9 heteroatoms. The van der Waals surface area contributed by atoms with Crippen molar-refractivity contribution in [2.45, 2.75) is 6.42 Å². The fourth-order valence-electron chi connectivity index (χ4n) is 1.25. The first-order chi connectivity index (χ1) is 9.13. The molecule has 0 aliphatic rings. The first-order valence-corrected chi connectivity index (χ1v) is 5.93. The number of nitrogens with one attached hydrogen (secondary N) is 2. The summed E-state index contributed by atoms with van der Waals surface area (Å²) < 4.78 is 3.60. The molecule has 0 spiro atoms. The fourth-order valence-corrected chi connectivity index (χ4v) is 1.67. The van der Waals surface area contributed by atoms with Gasteiger partial charge in [0.15, 0.2) is 0 Å². The van der Waals surface area contributed by atoms with Crippen LogP contribution in [0.3, 0.4) is 0 Å². The molecule has 2 rings (SSSR count). The maximum absolute atomic E-state index is 11.5. The molecule has 0 aromatic carbocycles. The largest absolute Gasteiger partial charge is 0.481 e. The van der Waals surface area contributed by atoms with Crippen LogP contribution >= 0.6 is 11.5 Å². The van der Waals surface area contributed by atoms with E-state index in [2.05, 4.69) is 25.2 Å². The maximum Gasteiger partial charge on any atom is 0.324 e. The van der Waals surface area contributed by atoms with Crippen LogP contribution in [0.2, 0.25) is 0 Å². The number of nitrogens with zero attached hydrogens (tertiary/aromatic N) is 3. The van der Waals surface area contributed by atoms with Crippen LogP contribution in [0.1, 0.15) is 5.69 Å². The SMILES string of the molecule is O=C(O)Cc1ccc(NC(=O)Nc2cnns2)cn1. The molecule has 98 valence electrons. The minimum Gasteiger partial charge on any atom is -0.481 e. The normalized spacial score (nSPS) is 9.89. The Balaban J connectivity index is 1.92. The van der Waals surface area contributed by atoms with E-state index in [1.807, 2.05) is 0 Å². The van der Waals surface area contributed by atoms with Crippen LogP contribution in [0.15, 0.2) is 24.5 Å². The van der Waals surface area contributed by atoms with E-state index in [-0.39, 0.29) is 6.42 Å². The molecule has 2 aromatic rings. The van der Waals surface area contributed by atoms with Gasteiger partial charge in [-0.25, -0.2) is 4.79 Å². The standard InChI is InChI=1S/C10H9N5O3S/c16-9(17)3-6-1-2-7(4-11-6)13-10(18)14-8-5-12-15-19-8/h1-2,4-5H,3H2,(H,16,17)(H2,13,14,18). The number of aliphatic carboxylic acids is 1. The predicted octanol–water partition coefficient (Wildman–Crippen LogP) is 1.20. The van der Waals surface area contributed by atoms with Gasteiger partial charge in [0.25, 0.3) is 0 Å². The van der Waals surface area contributed by atoms with Gasteiger partial charge < -0.3 is 10.4 Å². The molecule has 3 N–H and O–H groups in total. The highest BCUT2D eigenvalue weighted by Crippen LogP contribution is 2.11. The second kappa shape index (κ2) is 5.87. The Bertz CT molecular complexity index is 569. The Morgan fingerprint density at radius 1 is 1.26 bits per heavy atom. The second-order valence-corrected chi connectivity index (χ2v) is 4.26. The molecule has 0 bridgehead atoms. The topological polar surface area (TPSA) is 117 Å². The molecule has 0 aliphatic heterocycles. The summed E-state index contributed by atoms with van der Waals surface area (Å²) in [4.78, 5) is 26.0. The van der Waals surface area contributed by atoms with Gasteiger partial charge in [-0.1, -0.05) is 4.49 Å². The molecule has 2 aromatic heterocycles. The van der Waals surface area contributed by atoms with Crippen LogP contribution in [-0.2, 0) is 11.2 Å².